The van der Waals surface area contributed by atoms with Gasteiger partial charge >= 0.3 is 11.9 Å². The van der Waals surface area contributed by atoms with Crippen LogP contribution in [-0.4, -0.2) is 11.9 Å². The lowest BCUT2D eigenvalue weighted by Crippen LogP contribution is -2.26. The molecule has 6 aromatic rings. The number of benzene rings is 6. The Kier molecular flexibility index (Phi) is 23.9. The Morgan fingerprint density at radius 2 is 0.517 bits per heavy atom. The lowest BCUT2D eigenvalue weighted by molar-refractivity contribution is -0.141. The van der Waals surface area contributed by atoms with E-state index < -0.39 is 0 Å². The number of esters is 2. The Morgan fingerprint density at radius 3 is 0.730 bits per heavy atom. The van der Waals surface area contributed by atoms with E-state index in [1.165, 1.54) is 243 Å². The fraction of sp³-hybridized carbons (Fsp3) is 0.506. The molecule has 0 aliphatic heterocycles. The van der Waals surface area contributed by atoms with Gasteiger partial charge in [-0.15, -0.1) is 0 Å². The third-order valence-electron chi connectivity index (χ3n) is 21.1. The zero-order valence-electron chi connectivity index (χ0n) is 56.6. The summed E-state index contributed by atoms with van der Waals surface area (Å²) in [5, 5.41) is 0. The first-order valence-electron chi connectivity index (χ1n) is 35.9. The van der Waals surface area contributed by atoms with Gasteiger partial charge in [0.05, 0.1) is 0 Å². The minimum atomic E-state index is -0.334. The first kappa shape index (κ1) is 67.1. The molecule has 3 aliphatic carbocycles. The van der Waals surface area contributed by atoms with Gasteiger partial charge in [0.2, 0.25) is 0 Å². The van der Waals surface area contributed by atoms with E-state index in [1.807, 2.05) is 0 Å². The summed E-state index contributed by atoms with van der Waals surface area (Å²) in [6, 6.07) is 44.1. The van der Waals surface area contributed by atoms with Crippen LogP contribution >= 0.6 is 0 Å². The van der Waals surface area contributed by atoms with E-state index in [9.17, 15) is 9.59 Å². The van der Waals surface area contributed by atoms with Gasteiger partial charge in [0.25, 0.3) is 0 Å². The van der Waals surface area contributed by atoms with Gasteiger partial charge < -0.3 is 9.47 Å². The number of hydrogen-bond acceptors (Lipinski definition) is 4. The van der Waals surface area contributed by atoms with E-state index in [1.54, 1.807) is 13.8 Å². The topological polar surface area (TPSA) is 52.6 Å². The van der Waals surface area contributed by atoms with E-state index in [-0.39, 0.29) is 41.4 Å². The molecule has 0 atom stereocenters. The first-order valence-corrected chi connectivity index (χ1v) is 35.9. The van der Waals surface area contributed by atoms with Crippen molar-refractivity contribution in [1.82, 2.24) is 0 Å². The molecule has 9 rings (SSSR count). The number of fused-ring (bicyclic) bond motifs is 9. The summed E-state index contributed by atoms with van der Waals surface area (Å²) in [6.45, 7) is 25.7. The average Bonchev–Trinajstić information content (AvgIpc) is 1.59. The van der Waals surface area contributed by atoms with Crippen LogP contribution in [0.25, 0.3) is 55.6 Å². The van der Waals surface area contributed by atoms with Gasteiger partial charge in [-0.1, -0.05) is 294 Å². The van der Waals surface area contributed by atoms with Crippen molar-refractivity contribution in [3.63, 3.8) is 0 Å². The van der Waals surface area contributed by atoms with Crippen molar-refractivity contribution in [2.75, 3.05) is 0 Å². The second kappa shape index (κ2) is 31.7. The summed E-state index contributed by atoms with van der Waals surface area (Å²) in [5.74, 6) is -0.667. The SMILES string of the molecule is C=C(C)C(=O)OCc1ccc2c(c1)C(CCCCCC)(CCCCCC)c1cc(-c3ccc4c(c3)C(CCCCCC)(CCCCCC)c3cc(-c5ccc6c(c5)C(CCCCCC)(CCCCCC)c5cc(COC(=O)C(=C)C)ccc5-6)ccc3-4)ccc1-2. The molecular weight excluding hydrogens is 1080 g/mol. The van der Waals surface area contributed by atoms with Gasteiger partial charge in [-0.2, -0.15) is 0 Å². The highest BCUT2D eigenvalue weighted by molar-refractivity contribution is 5.91. The van der Waals surface area contributed by atoms with Crippen molar-refractivity contribution in [1.29, 1.82) is 0 Å². The molecule has 0 radical (unpaired) electrons. The molecule has 3 aliphatic rings. The molecule has 0 bridgehead atoms. The molecule has 0 unspecified atom stereocenters. The molecule has 0 amide bonds. The lowest BCUT2D eigenvalue weighted by Gasteiger charge is -2.34. The Morgan fingerprint density at radius 1 is 0.303 bits per heavy atom. The second-order valence-corrected chi connectivity index (χ2v) is 27.6. The van der Waals surface area contributed by atoms with Crippen LogP contribution in [0, 0.1) is 0 Å². The molecule has 0 aromatic heterocycles. The molecule has 0 N–H and O–H groups in total. The molecule has 4 heteroatoms. The number of carbonyl (C=O) groups is 2. The summed E-state index contributed by atoms with van der Waals surface area (Å²) < 4.78 is 11.6. The molecule has 474 valence electrons. The monoisotopic (exact) mass is 1190 g/mol. The first-order chi connectivity index (χ1) is 43.3. The highest BCUT2D eigenvalue weighted by atomic mass is 16.5. The van der Waals surface area contributed by atoms with Crippen LogP contribution < -0.4 is 0 Å². The summed E-state index contributed by atoms with van der Waals surface area (Å²) in [5.41, 5.74) is 25.0. The second-order valence-electron chi connectivity index (χ2n) is 27.6. The molecule has 4 nitrogen and oxygen atoms in total. The van der Waals surface area contributed by atoms with Crippen LogP contribution in [0.2, 0.25) is 0 Å². The molecular formula is C85H110O4. The van der Waals surface area contributed by atoms with Crippen molar-refractivity contribution >= 4 is 11.9 Å². The lowest BCUT2D eigenvalue weighted by atomic mass is 9.69. The molecule has 0 heterocycles. The number of hydrogen-bond donors (Lipinski definition) is 0. The Bertz CT molecular complexity index is 3150. The van der Waals surface area contributed by atoms with Gasteiger partial charge in [-0.25, -0.2) is 9.59 Å². The normalized spacial score (nSPS) is 14.2. The van der Waals surface area contributed by atoms with Crippen LogP contribution in [0.1, 0.15) is 293 Å². The summed E-state index contributed by atoms with van der Waals surface area (Å²) in [4.78, 5) is 25.4. The fourth-order valence-electron chi connectivity index (χ4n) is 16.1. The quantitative estimate of drug-likeness (QED) is 0.0220. The zero-order valence-corrected chi connectivity index (χ0v) is 56.6. The minimum absolute atomic E-state index is 0.114. The number of rotatable bonds is 38. The smallest absolute Gasteiger partial charge is 0.333 e. The fourth-order valence-corrected chi connectivity index (χ4v) is 16.1. The van der Waals surface area contributed by atoms with Gasteiger partial charge in [-0.3, -0.25) is 0 Å². The molecule has 89 heavy (non-hydrogen) atoms. The Hall–Kier alpha value is -6.26. The molecule has 0 saturated carbocycles. The highest BCUT2D eigenvalue weighted by Gasteiger charge is 2.46. The van der Waals surface area contributed by atoms with Crippen molar-refractivity contribution in [2.24, 2.45) is 0 Å². The minimum Gasteiger partial charge on any atom is -0.457 e. The van der Waals surface area contributed by atoms with E-state index in [2.05, 4.69) is 164 Å². The maximum atomic E-state index is 12.7. The van der Waals surface area contributed by atoms with E-state index >= 15 is 0 Å². The van der Waals surface area contributed by atoms with Crippen LogP contribution in [0.5, 0.6) is 0 Å². The highest BCUT2D eigenvalue weighted by Crippen LogP contribution is 2.60. The zero-order chi connectivity index (χ0) is 63.0. The maximum Gasteiger partial charge on any atom is 0.333 e. The van der Waals surface area contributed by atoms with Gasteiger partial charge in [0.15, 0.2) is 0 Å². The summed E-state index contributed by atoms with van der Waals surface area (Å²) >= 11 is 0. The Balaban J connectivity index is 1.16. The Labute approximate surface area is 539 Å². The van der Waals surface area contributed by atoms with Gasteiger partial charge in [0.1, 0.15) is 13.2 Å². The average molecular weight is 1200 g/mol. The van der Waals surface area contributed by atoms with Crippen molar-refractivity contribution in [3.8, 4) is 55.6 Å². The van der Waals surface area contributed by atoms with E-state index in [4.69, 9.17) is 9.47 Å². The van der Waals surface area contributed by atoms with E-state index in [0.29, 0.717) is 11.1 Å². The number of ether oxygens (including phenoxy) is 2. The van der Waals surface area contributed by atoms with Crippen molar-refractivity contribution in [3.05, 3.63) is 178 Å². The maximum absolute atomic E-state index is 12.7. The summed E-state index contributed by atoms with van der Waals surface area (Å²) in [6.07, 6.45) is 36.2. The van der Waals surface area contributed by atoms with Crippen LogP contribution in [0.4, 0.5) is 0 Å². The predicted molar refractivity (Wildman–Crippen MR) is 378 cm³/mol. The molecule has 0 saturated heterocycles. The summed E-state index contributed by atoms with van der Waals surface area (Å²) in [7, 11) is 0. The van der Waals surface area contributed by atoms with Crippen LogP contribution in [0.3, 0.4) is 0 Å². The molecule has 0 spiro atoms. The largest absolute Gasteiger partial charge is 0.457 e. The van der Waals surface area contributed by atoms with Crippen LogP contribution in [-0.2, 0) is 48.5 Å². The van der Waals surface area contributed by atoms with Crippen molar-refractivity contribution in [2.45, 2.75) is 277 Å². The third-order valence-corrected chi connectivity index (χ3v) is 21.1. The third kappa shape index (κ3) is 14.7. The molecule has 0 fully saturated rings. The predicted octanol–water partition coefficient (Wildman–Crippen LogP) is 24.9. The van der Waals surface area contributed by atoms with Gasteiger partial charge in [-0.05, 0) is 177 Å². The number of carbonyl (C=O) groups excluding carboxylic acids is 2. The van der Waals surface area contributed by atoms with Gasteiger partial charge in [0, 0.05) is 27.4 Å². The van der Waals surface area contributed by atoms with Crippen LogP contribution in [0.15, 0.2) is 133 Å². The number of unbranched alkanes of at least 4 members (excludes halogenated alkanes) is 18. The van der Waals surface area contributed by atoms with E-state index in [0.717, 1.165) is 49.7 Å². The molecule has 6 aromatic carbocycles. The van der Waals surface area contributed by atoms with Crippen molar-refractivity contribution < 1.29 is 19.1 Å². The standard InChI is InChI=1S/C85H110O4/c1-11-17-23-29-47-83(48-30-24-18-12-2)75-53-63(59-88-81(86)61(7)8)35-41-69(75)71-43-37-65(55-77(71)83)67-39-45-73-74-46-40-68(58-80(74)85(79(73)57-67,51-33-27-21-15-5)52-34-28-22-16-6)66-38-44-72-70-42-36-64(60-89-82(87)62(9)10)54-76(70)84(78(72)56-66,49-31-25-19-13-3)50-32-26-20-14-4/h35-46,53-58H,7,9,11-34,47-52,59-60H2,1-6,8,10H3.